The van der Waals surface area contributed by atoms with Gasteiger partial charge in [0.2, 0.25) is 0 Å². The van der Waals surface area contributed by atoms with E-state index in [1.165, 1.54) is 0 Å². The van der Waals surface area contributed by atoms with E-state index in [0.717, 1.165) is 4.47 Å². The van der Waals surface area contributed by atoms with Crippen LogP contribution in [0, 0.1) is 22.2 Å². The number of pyridine rings is 1. The normalized spacial score (nSPS) is 21.9. The van der Waals surface area contributed by atoms with Crippen LogP contribution in [-0.2, 0) is 0 Å². The molecule has 5 nitrogen and oxygen atoms in total. The van der Waals surface area contributed by atoms with E-state index >= 15 is 0 Å². The first-order valence-electron chi connectivity index (χ1n) is 8.86. The van der Waals surface area contributed by atoms with Gasteiger partial charge in [0.15, 0.2) is 0 Å². The molecule has 1 saturated carbocycles. The third-order valence-electron chi connectivity index (χ3n) is 5.39. The smallest absolute Gasteiger partial charge is 0.270 e. The molecule has 0 saturated heterocycles. The Morgan fingerprint density at radius 2 is 1.93 bits per heavy atom. The van der Waals surface area contributed by atoms with E-state index in [1.54, 1.807) is 36.5 Å². The van der Waals surface area contributed by atoms with Crippen LogP contribution in [0.5, 0.6) is 5.75 Å². The standard InChI is InChI=1S/C21H21BrClN3O2/c1-20(2)18(26-17(27)16-8-6-13(22)11-25-16)21(3,4)19(20)28-14-7-5-12(10-24)15(23)9-14/h5-9,11,18-19H,1-4H3,(H,26,27). The van der Waals surface area contributed by atoms with Crippen molar-refractivity contribution < 1.29 is 9.53 Å². The molecular formula is C21H21BrClN3O2. The number of amides is 1. The average Bonchev–Trinajstić information content (AvgIpc) is 2.64. The Morgan fingerprint density at radius 1 is 1.25 bits per heavy atom. The molecule has 0 aliphatic heterocycles. The van der Waals surface area contributed by atoms with Gasteiger partial charge in [-0.2, -0.15) is 5.26 Å². The average molecular weight is 463 g/mol. The number of nitriles is 1. The third-order valence-corrected chi connectivity index (χ3v) is 6.17. The Labute approximate surface area is 178 Å². The second-order valence-electron chi connectivity index (χ2n) is 8.16. The number of carbonyl (C=O) groups is 1. The highest BCUT2D eigenvalue weighted by molar-refractivity contribution is 9.10. The van der Waals surface area contributed by atoms with Gasteiger partial charge >= 0.3 is 0 Å². The predicted octanol–water partition coefficient (Wildman–Crippen LogP) is 4.98. The van der Waals surface area contributed by atoms with Gasteiger partial charge in [-0.3, -0.25) is 4.79 Å². The molecule has 28 heavy (non-hydrogen) atoms. The van der Waals surface area contributed by atoms with Gasteiger partial charge in [-0.1, -0.05) is 39.3 Å². The molecule has 1 aliphatic rings. The van der Waals surface area contributed by atoms with Crippen molar-refractivity contribution in [3.8, 4) is 11.8 Å². The first-order valence-corrected chi connectivity index (χ1v) is 10.0. The Bertz CT molecular complexity index is 935. The van der Waals surface area contributed by atoms with Crippen molar-refractivity contribution in [3.63, 3.8) is 0 Å². The summed E-state index contributed by atoms with van der Waals surface area (Å²) in [5.41, 5.74) is 0.162. The van der Waals surface area contributed by atoms with Crippen LogP contribution in [0.25, 0.3) is 0 Å². The molecule has 1 N–H and O–H groups in total. The lowest BCUT2D eigenvalue weighted by Gasteiger charge is -2.63. The molecule has 2 aromatic rings. The number of halogens is 2. The number of nitrogens with one attached hydrogen (secondary N) is 1. The van der Waals surface area contributed by atoms with Crippen LogP contribution in [0.4, 0.5) is 0 Å². The molecule has 1 aromatic heterocycles. The minimum Gasteiger partial charge on any atom is -0.489 e. The highest BCUT2D eigenvalue weighted by atomic mass is 79.9. The molecule has 1 heterocycles. The number of hydrogen-bond acceptors (Lipinski definition) is 4. The van der Waals surface area contributed by atoms with Crippen LogP contribution in [-0.4, -0.2) is 23.0 Å². The van der Waals surface area contributed by atoms with Gasteiger partial charge in [-0.15, -0.1) is 0 Å². The SMILES string of the molecule is CC1(C)C(NC(=O)c2ccc(Br)cn2)C(C)(C)C1Oc1ccc(C#N)c(Cl)c1. The van der Waals surface area contributed by atoms with Gasteiger partial charge in [0.25, 0.3) is 5.91 Å². The molecular weight excluding hydrogens is 442 g/mol. The third kappa shape index (κ3) is 3.61. The molecule has 3 rings (SSSR count). The summed E-state index contributed by atoms with van der Waals surface area (Å²) in [6.07, 6.45) is 1.46. The van der Waals surface area contributed by atoms with E-state index < -0.39 is 0 Å². The first-order chi connectivity index (χ1) is 13.1. The summed E-state index contributed by atoms with van der Waals surface area (Å²) < 4.78 is 7.05. The maximum Gasteiger partial charge on any atom is 0.270 e. The topological polar surface area (TPSA) is 75.0 Å². The number of carbonyl (C=O) groups excluding carboxylic acids is 1. The van der Waals surface area contributed by atoms with Crippen LogP contribution in [0.2, 0.25) is 5.02 Å². The Hall–Kier alpha value is -2.10. The molecule has 146 valence electrons. The highest BCUT2D eigenvalue weighted by Gasteiger charge is 2.64. The number of aromatic nitrogens is 1. The first kappa shape index (κ1) is 20.6. The second kappa shape index (κ2) is 7.38. The zero-order chi connectivity index (χ0) is 20.7. The zero-order valence-electron chi connectivity index (χ0n) is 16.1. The summed E-state index contributed by atoms with van der Waals surface area (Å²) in [7, 11) is 0. The molecule has 7 heteroatoms. The fourth-order valence-corrected chi connectivity index (χ4v) is 4.76. The largest absolute Gasteiger partial charge is 0.489 e. The van der Waals surface area contributed by atoms with Gasteiger partial charge in [0.05, 0.1) is 10.6 Å². The summed E-state index contributed by atoms with van der Waals surface area (Å²) >= 11 is 9.44. The Balaban J connectivity index is 1.76. The summed E-state index contributed by atoms with van der Waals surface area (Å²) in [5.74, 6) is 0.396. The second-order valence-corrected chi connectivity index (χ2v) is 9.49. The molecule has 1 amide bonds. The molecule has 0 bridgehead atoms. The summed E-state index contributed by atoms with van der Waals surface area (Å²) in [6.45, 7) is 8.25. The van der Waals surface area contributed by atoms with Crippen LogP contribution in [0.15, 0.2) is 41.0 Å². The van der Waals surface area contributed by atoms with Gasteiger partial charge in [-0.05, 0) is 40.2 Å². The van der Waals surface area contributed by atoms with Crippen LogP contribution in [0.3, 0.4) is 0 Å². The van der Waals surface area contributed by atoms with Crippen molar-refractivity contribution in [3.05, 3.63) is 57.3 Å². The van der Waals surface area contributed by atoms with Crippen molar-refractivity contribution in [2.24, 2.45) is 10.8 Å². The van der Waals surface area contributed by atoms with Crippen LogP contribution in [0.1, 0.15) is 43.7 Å². The van der Waals surface area contributed by atoms with E-state index in [4.69, 9.17) is 21.6 Å². The zero-order valence-corrected chi connectivity index (χ0v) is 18.4. The number of benzene rings is 1. The number of hydrogen-bond donors (Lipinski definition) is 1. The van der Waals surface area contributed by atoms with Crippen molar-refractivity contribution in [2.75, 3.05) is 0 Å². The molecule has 0 radical (unpaired) electrons. The maximum atomic E-state index is 12.6. The Kier molecular flexibility index (Phi) is 5.44. The van der Waals surface area contributed by atoms with E-state index in [2.05, 4.69) is 53.9 Å². The van der Waals surface area contributed by atoms with Gasteiger partial charge in [0.1, 0.15) is 23.6 Å². The van der Waals surface area contributed by atoms with Gasteiger partial charge < -0.3 is 10.1 Å². The molecule has 0 unspecified atom stereocenters. The van der Waals surface area contributed by atoms with Crippen molar-refractivity contribution in [1.29, 1.82) is 5.26 Å². The summed E-state index contributed by atoms with van der Waals surface area (Å²) in [6, 6.07) is 10.5. The van der Waals surface area contributed by atoms with E-state index in [0.29, 0.717) is 22.0 Å². The van der Waals surface area contributed by atoms with Crippen molar-refractivity contribution in [2.45, 2.75) is 39.8 Å². The van der Waals surface area contributed by atoms with E-state index in [1.807, 2.05) is 6.07 Å². The summed E-state index contributed by atoms with van der Waals surface area (Å²) in [5, 5.41) is 12.5. The van der Waals surface area contributed by atoms with Crippen molar-refractivity contribution in [1.82, 2.24) is 10.3 Å². The molecule has 1 aromatic carbocycles. The molecule has 1 fully saturated rings. The minimum absolute atomic E-state index is 0.100. The maximum absolute atomic E-state index is 12.6. The number of nitrogens with zero attached hydrogens (tertiary/aromatic N) is 2. The quantitative estimate of drug-likeness (QED) is 0.695. The highest BCUT2D eigenvalue weighted by Crippen LogP contribution is 2.55. The minimum atomic E-state index is -0.311. The molecule has 0 spiro atoms. The van der Waals surface area contributed by atoms with E-state index in [-0.39, 0.29) is 28.9 Å². The lowest BCUT2D eigenvalue weighted by Crippen LogP contribution is -2.74. The molecule has 1 aliphatic carbocycles. The fourth-order valence-electron chi connectivity index (χ4n) is 4.31. The molecule has 0 atom stereocenters. The van der Waals surface area contributed by atoms with Gasteiger partial charge in [0, 0.05) is 33.6 Å². The lowest BCUT2D eigenvalue weighted by atomic mass is 9.49. The van der Waals surface area contributed by atoms with Crippen LogP contribution >= 0.6 is 27.5 Å². The van der Waals surface area contributed by atoms with E-state index in [9.17, 15) is 4.79 Å². The van der Waals surface area contributed by atoms with Gasteiger partial charge in [-0.25, -0.2) is 4.98 Å². The number of rotatable bonds is 4. The predicted molar refractivity (Wildman–Crippen MR) is 111 cm³/mol. The van der Waals surface area contributed by atoms with Crippen LogP contribution < -0.4 is 10.1 Å². The van der Waals surface area contributed by atoms with Crippen molar-refractivity contribution >= 4 is 33.4 Å². The number of ether oxygens (including phenoxy) is 1. The monoisotopic (exact) mass is 461 g/mol. The fraction of sp³-hybridized carbons (Fsp3) is 0.381. The Morgan fingerprint density at radius 3 is 2.46 bits per heavy atom. The summed E-state index contributed by atoms with van der Waals surface area (Å²) in [4.78, 5) is 16.8. The lowest BCUT2D eigenvalue weighted by molar-refractivity contribution is -0.164.